The quantitative estimate of drug-likeness (QED) is 0.197. The van der Waals surface area contributed by atoms with Crippen LogP contribution in [0.5, 0.6) is 0 Å². The Morgan fingerprint density at radius 1 is 0.509 bits per heavy atom. The van der Waals surface area contributed by atoms with Gasteiger partial charge in [-0.05, 0) is 99.1 Å². The average Bonchev–Trinajstić information content (AvgIpc) is 3.73. The number of fused-ring (bicyclic) bond motifs is 13. The van der Waals surface area contributed by atoms with Crippen molar-refractivity contribution in [1.82, 2.24) is 4.57 Å². The molecule has 3 aliphatic rings. The number of hydrogen-bond donors (Lipinski definition) is 1. The minimum absolute atomic E-state index is 0.0602. The van der Waals surface area contributed by atoms with Crippen LogP contribution in [-0.2, 0) is 5.41 Å². The summed E-state index contributed by atoms with van der Waals surface area (Å²) >= 11 is 1.89. The molecule has 0 saturated heterocycles. The van der Waals surface area contributed by atoms with Gasteiger partial charge in [-0.3, -0.25) is 0 Å². The third-order valence-electron chi connectivity index (χ3n) is 11.9. The molecule has 0 bridgehead atoms. The molecule has 1 N–H and O–H groups in total. The standard InChI is InChI=1S/C51H33N3S/c1-2-14-32(15-3-1)49-50(53-44-22-10-9-21-43(44)52-49)33-26-28-34(29-27-33)54-45-23-11-5-17-36(45)38-30-37-35-16-4-6-18-39(35)51(42(37)31-46(38)54)40-19-7-12-24-47(40)55-48-25-13-8-20-41(48)51/h1-31,49,52H. The van der Waals surface area contributed by atoms with E-state index in [1.165, 1.54) is 70.5 Å². The summed E-state index contributed by atoms with van der Waals surface area (Å²) in [6, 6.07) is 68.9. The zero-order chi connectivity index (χ0) is 36.1. The highest BCUT2D eigenvalue weighted by Gasteiger charge is 2.50. The lowest BCUT2D eigenvalue weighted by atomic mass is 9.67. The summed E-state index contributed by atoms with van der Waals surface area (Å²) in [6.07, 6.45) is 0. The van der Waals surface area contributed by atoms with Gasteiger partial charge in [0.15, 0.2) is 0 Å². The van der Waals surface area contributed by atoms with Crippen molar-refractivity contribution in [2.45, 2.75) is 21.2 Å². The lowest BCUT2D eigenvalue weighted by Gasteiger charge is -2.39. The molecule has 0 fully saturated rings. The van der Waals surface area contributed by atoms with Crippen molar-refractivity contribution in [3.05, 3.63) is 221 Å². The lowest BCUT2D eigenvalue weighted by molar-refractivity contribution is 0.723. The topological polar surface area (TPSA) is 29.3 Å². The molecule has 3 heterocycles. The van der Waals surface area contributed by atoms with Gasteiger partial charge >= 0.3 is 0 Å². The molecule has 1 spiro atoms. The molecule has 1 unspecified atom stereocenters. The molecule has 0 saturated carbocycles. The van der Waals surface area contributed by atoms with E-state index in [0.717, 1.165) is 28.3 Å². The van der Waals surface area contributed by atoms with Gasteiger partial charge in [0.1, 0.15) is 0 Å². The fraction of sp³-hybridized carbons (Fsp3) is 0.0392. The number of hydrogen-bond acceptors (Lipinski definition) is 3. The zero-order valence-electron chi connectivity index (χ0n) is 29.8. The molecule has 55 heavy (non-hydrogen) atoms. The largest absolute Gasteiger partial charge is 0.371 e. The maximum Gasteiger partial charge on any atom is 0.0947 e. The number of anilines is 1. The van der Waals surface area contributed by atoms with Crippen molar-refractivity contribution in [1.29, 1.82) is 0 Å². The maximum absolute atomic E-state index is 5.26. The summed E-state index contributed by atoms with van der Waals surface area (Å²) in [4.78, 5) is 7.89. The van der Waals surface area contributed by atoms with Gasteiger partial charge in [-0.2, -0.15) is 0 Å². The number of aromatic nitrogens is 1. The van der Waals surface area contributed by atoms with Gasteiger partial charge in [0, 0.05) is 26.3 Å². The number of rotatable bonds is 3. The monoisotopic (exact) mass is 719 g/mol. The van der Waals surface area contributed by atoms with Gasteiger partial charge in [-0.1, -0.05) is 145 Å². The van der Waals surface area contributed by atoms with E-state index in [1.807, 2.05) is 11.8 Å². The van der Waals surface area contributed by atoms with Crippen LogP contribution in [-0.4, -0.2) is 10.3 Å². The molecule has 4 heteroatoms. The highest BCUT2D eigenvalue weighted by molar-refractivity contribution is 7.99. The van der Waals surface area contributed by atoms with Crippen LogP contribution in [0.15, 0.2) is 203 Å². The number of nitrogens with one attached hydrogen (secondary N) is 1. The fourth-order valence-corrected chi connectivity index (χ4v) is 10.8. The fourth-order valence-electron chi connectivity index (χ4n) is 9.60. The van der Waals surface area contributed by atoms with Crippen LogP contribution < -0.4 is 5.32 Å². The Labute approximate surface area is 323 Å². The Hall–Kier alpha value is -6.62. The van der Waals surface area contributed by atoms with Gasteiger partial charge in [0.05, 0.1) is 39.6 Å². The summed E-state index contributed by atoms with van der Waals surface area (Å²) < 4.78 is 2.46. The van der Waals surface area contributed by atoms with Crippen LogP contribution in [0.25, 0.3) is 38.6 Å². The van der Waals surface area contributed by atoms with Gasteiger partial charge in [-0.15, -0.1) is 0 Å². The first-order chi connectivity index (χ1) is 27.3. The first kappa shape index (κ1) is 30.8. The van der Waals surface area contributed by atoms with Crippen molar-refractivity contribution in [2.24, 2.45) is 4.99 Å². The molecule has 1 aliphatic carbocycles. The van der Waals surface area contributed by atoms with Gasteiger partial charge in [0.2, 0.25) is 0 Å². The van der Waals surface area contributed by atoms with E-state index in [4.69, 9.17) is 4.99 Å². The molecule has 258 valence electrons. The number of benzene rings is 8. The molecule has 3 nitrogen and oxygen atoms in total. The van der Waals surface area contributed by atoms with Gasteiger partial charge in [-0.25, -0.2) is 4.99 Å². The van der Waals surface area contributed by atoms with Crippen LogP contribution in [0, 0.1) is 0 Å². The molecular formula is C51H33N3S. The second kappa shape index (κ2) is 11.7. The highest BCUT2D eigenvalue weighted by atomic mass is 32.2. The summed E-state index contributed by atoms with van der Waals surface area (Å²) in [7, 11) is 0. The molecule has 0 radical (unpaired) electrons. The Balaban J connectivity index is 1.09. The summed E-state index contributed by atoms with van der Waals surface area (Å²) in [5.74, 6) is 0. The van der Waals surface area contributed by atoms with E-state index in [0.29, 0.717) is 0 Å². The predicted molar refractivity (Wildman–Crippen MR) is 228 cm³/mol. The van der Waals surface area contributed by atoms with Crippen molar-refractivity contribution in [3.63, 3.8) is 0 Å². The Kier molecular flexibility index (Phi) is 6.55. The summed E-state index contributed by atoms with van der Waals surface area (Å²) in [5, 5.41) is 6.31. The molecule has 0 amide bonds. The number of aliphatic imine (C=N–C) groups is 1. The van der Waals surface area contributed by atoms with Crippen LogP contribution in [0.2, 0.25) is 0 Å². The predicted octanol–water partition coefficient (Wildman–Crippen LogP) is 12.9. The van der Waals surface area contributed by atoms with Crippen LogP contribution in [0.4, 0.5) is 11.4 Å². The Morgan fingerprint density at radius 2 is 1.16 bits per heavy atom. The smallest absolute Gasteiger partial charge is 0.0947 e. The van der Waals surface area contributed by atoms with Crippen molar-refractivity contribution < 1.29 is 0 Å². The molecular weight excluding hydrogens is 687 g/mol. The molecule has 8 aromatic carbocycles. The lowest BCUT2D eigenvalue weighted by Crippen LogP contribution is -2.31. The van der Waals surface area contributed by atoms with E-state index in [1.54, 1.807) is 0 Å². The third-order valence-corrected chi connectivity index (χ3v) is 13.1. The molecule has 2 aliphatic heterocycles. The highest BCUT2D eigenvalue weighted by Crippen LogP contribution is 2.62. The normalized spacial score (nSPS) is 15.8. The van der Waals surface area contributed by atoms with E-state index in [-0.39, 0.29) is 6.04 Å². The first-order valence-electron chi connectivity index (χ1n) is 18.9. The Bertz CT molecular complexity index is 3000. The summed E-state index contributed by atoms with van der Waals surface area (Å²) in [6.45, 7) is 0. The number of nitrogens with zero attached hydrogens (tertiary/aromatic N) is 2. The zero-order valence-corrected chi connectivity index (χ0v) is 30.6. The minimum atomic E-state index is -0.432. The second-order valence-electron chi connectivity index (χ2n) is 14.7. The SMILES string of the molecule is c1ccc(C2Nc3ccccc3N=C2c2ccc(-n3c4ccccc4c4cc5c(cc43)C3(c4ccccc4Sc4ccccc43)c3ccccc3-5)cc2)cc1. The molecule has 1 atom stereocenters. The Morgan fingerprint density at radius 3 is 1.96 bits per heavy atom. The summed E-state index contributed by atoms with van der Waals surface area (Å²) in [5.41, 5.74) is 16.5. The molecule has 1 aromatic heterocycles. The van der Waals surface area contributed by atoms with Gasteiger partial charge in [0.25, 0.3) is 0 Å². The van der Waals surface area contributed by atoms with Crippen molar-refractivity contribution in [3.8, 4) is 16.8 Å². The van der Waals surface area contributed by atoms with Crippen LogP contribution in [0.3, 0.4) is 0 Å². The molecule has 9 aromatic rings. The van der Waals surface area contributed by atoms with Crippen LogP contribution >= 0.6 is 11.8 Å². The second-order valence-corrected chi connectivity index (χ2v) is 15.8. The van der Waals surface area contributed by atoms with Gasteiger partial charge < -0.3 is 9.88 Å². The van der Waals surface area contributed by atoms with E-state index < -0.39 is 5.41 Å². The first-order valence-corrected chi connectivity index (χ1v) is 19.7. The van der Waals surface area contributed by atoms with Crippen LogP contribution in [0.1, 0.15) is 39.4 Å². The number of para-hydroxylation sites is 3. The maximum atomic E-state index is 5.26. The van der Waals surface area contributed by atoms with E-state index >= 15 is 0 Å². The third kappa shape index (κ3) is 4.31. The minimum Gasteiger partial charge on any atom is -0.371 e. The average molecular weight is 720 g/mol. The molecule has 12 rings (SSSR count). The van der Waals surface area contributed by atoms with E-state index in [2.05, 4.69) is 198 Å². The van der Waals surface area contributed by atoms with E-state index in [9.17, 15) is 0 Å². The van der Waals surface area contributed by atoms with Crippen molar-refractivity contribution >= 4 is 50.7 Å². The van der Waals surface area contributed by atoms with Crippen molar-refractivity contribution in [2.75, 3.05) is 5.32 Å².